The molecule has 0 aromatic carbocycles. The number of carboxylic acids is 1. The molecule has 0 radical (unpaired) electrons. The fourth-order valence-corrected chi connectivity index (χ4v) is 2.22. The van der Waals surface area contributed by atoms with Crippen molar-refractivity contribution in [2.75, 3.05) is 13.6 Å². The lowest BCUT2D eigenvalue weighted by Gasteiger charge is -2.40. The van der Waals surface area contributed by atoms with E-state index in [0.29, 0.717) is 5.41 Å². The fraction of sp³-hybridized carbons (Fsp3) is 0.909. The summed E-state index contributed by atoms with van der Waals surface area (Å²) in [4.78, 5) is 11.0. The summed E-state index contributed by atoms with van der Waals surface area (Å²) >= 11 is 0. The molecule has 0 aromatic heterocycles. The van der Waals surface area contributed by atoms with Crippen LogP contribution in [0, 0.1) is 10.8 Å². The number of hydrogen-bond donors (Lipinski definition) is 2. The predicted octanol–water partition coefficient (Wildman–Crippen LogP) is 1.88. The minimum Gasteiger partial charge on any atom is -0.481 e. The largest absolute Gasteiger partial charge is 0.481 e. The molecule has 3 nitrogen and oxygen atoms in total. The normalized spacial score (nSPS) is 38.2. The number of hydrogen-bond acceptors (Lipinski definition) is 2. The van der Waals surface area contributed by atoms with Crippen LogP contribution in [-0.2, 0) is 4.79 Å². The molecular weight excluding hydrogens is 178 g/mol. The van der Waals surface area contributed by atoms with Crippen molar-refractivity contribution in [2.45, 2.75) is 39.5 Å². The van der Waals surface area contributed by atoms with Crippen molar-refractivity contribution < 1.29 is 9.90 Å². The minimum atomic E-state index is -0.635. The Morgan fingerprint density at radius 3 is 2.14 bits per heavy atom. The SMILES string of the molecule is CNCC1(C)CCC(C)(C(=O)O)CC1. The minimum absolute atomic E-state index is 0.295. The van der Waals surface area contributed by atoms with Crippen molar-refractivity contribution in [3.63, 3.8) is 0 Å². The maximum atomic E-state index is 11.0. The summed E-state index contributed by atoms with van der Waals surface area (Å²) < 4.78 is 0. The van der Waals surface area contributed by atoms with Crippen molar-refractivity contribution >= 4 is 5.97 Å². The van der Waals surface area contributed by atoms with E-state index < -0.39 is 11.4 Å². The third-order valence-electron chi connectivity index (χ3n) is 3.68. The molecule has 3 heteroatoms. The molecule has 0 amide bonds. The molecule has 0 bridgehead atoms. The van der Waals surface area contributed by atoms with Gasteiger partial charge in [-0.2, -0.15) is 0 Å². The van der Waals surface area contributed by atoms with Crippen LogP contribution in [0.2, 0.25) is 0 Å². The molecule has 0 saturated heterocycles. The van der Waals surface area contributed by atoms with Gasteiger partial charge in [0.15, 0.2) is 0 Å². The quantitative estimate of drug-likeness (QED) is 0.729. The van der Waals surface area contributed by atoms with E-state index >= 15 is 0 Å². The second-order valence-corrected chi connectivity index (χ2v) is 5.21. The highest BCUT2D eigenvalue weighted by atomic mass is 16.4. The van der Waals surface area contributed by atoms with Gasteiger partial charge in [-0.15, -0.1) is 0 Å². The summed E-state index contributed by atoms with van der Waals surface area (Å²) in [5.74, 6) is -0.635. The molecule has 1 rings (SSSR count). The predicted molar refractivity (Wildman–Crippen MR) is 56.2 cm³/mol. The summed E-state index contributed by atoms with van der Waals surface area (Å²) in [6, 6.07) is 0. The second kappa shape index (κ2) is 3.89. The highest BCUT2D eigenvalue weighted by Gasteiger charge is 2.41. The van der Waals surface area contributed by atoms with Crippen molar-refractivity contribution in [2.24, 2.45) is 10.8 Å². The molecule has 0 aromatic rings. The van der Waals surface area contributed by atoms with E-state index in [-0.39, 0.29) is 0 Å². The first-order valence-corrected chi connectivity index (χ1v) is 5.30. The summed E-state index contributed by atoms with van der Waals surface area (Å²) in [5.41, 5.74) is -0.184. The zero-order valence-corrected chi connectivity index (χ0v) is 9.39. The number of carboxylic acid groups (broad SMARTS) is 1. The number of rotatable bonds is 3. The maximum Gasteiger partial charge on any atom is 0.309 e. The summed E-state index contributed by atoms with van der Waals surface area (Å²) in [7, 11) is 1.95. The Hall–Kier alpha value is -0.570. The molecule has 1 fully saturated rings. The molecule has 0 heterocycles. The molecular formula is C11H21NO2. The molecule has 1 aliphatic carbocycles. The van der Waals surface area contributed by atoms with Crippen LogP contribution in [-0.4, -0.2) is 24.7 Å². The molecule has 0 aliphatic heterocycles. The van der Waals surface area contributed by atoms with Gasteiger partial charge in [-0.3, -0.25) is 4.79 Å². The Kier molecular flexibility index (Phi) is 3.20. The molecule has 0 unspecified atom stereocenters. The first kappa shape index (κ1) is 11.5. The lowest BCUT2D eigenvalue weighted by molar-refractivity contribution is -0.151. The molecule has 14 heavy (non-hydrogen) atoms. The van der Waals surface area contributed by atoms with E-state index in [1.54, 1.807) is 0 Å². The highest BCUT2D eigenvalue weighted by Crippen LogP contribution is 2.44. The summed E-state index contributed by atoms with van der Waals surface area (Å²) in [5, 5.41) is 12.3. The van der Waals surface area contributed by atoms with Gasteiger partial charge < -0.3 is 10.4 Å². The first-order valence-electron chi connectivity index (χ1n) is 5.30. The van der Waals surface area contributed by atoms with Gasteiger partial charge in [-0.25, -0.2) is 0 Å². The van der Waals surface area contributed by atoms with E-state index in [1.165, 1.54) is 0 Å². The average molecular weight is 199 g/mol. The van der Waals surface area contributed by atoms with Gasteiger partial charge >= 0.3 is 5.97 Å². The van der Waals surface area contributed by atoms with Gasteiger partial charge in [0.1, 0.15) is 0 Å². The zero-order valence-electron chi connectivity index (χ0n) is 9.39. The Bertz CT molecular complexity index is 217. The van der Waals surface area contributed by atoms with Crippen molar-refractivity contribution in [1.29, 1.82) is 0 Å². The van der Waals surface area contributed by atoms with Gasteiger partial charge in [0.05, 0.1) is 5.41 Å². The second-order valence-electron chi connectivity index (χ2n) is 5.21. The van der Waals surface area contributed by atoms with Crippen molar-refractivity contribution in [3.05, 3.63) is 0 Å². The molecule has 0 atom stereocenters. The Morgan fingerprint density at radius 1 is 1.29 bits per heavy atom. The first-order chi connectivity index (χ1) is 6.42. The van der Waals surface area contributed by atoms with Crippen LogP contribution in [0.3, 0.4) is 0 Å². The average Bonchev–Trinajstić information content (AvgIpc) is 2.11. The van der Waals surface area contributed by atoms with Crippen molar-refractivity contribution in [3.8, 4) is 0 Å². The third kappa shape index (κ3) is 2.27. The Balaban J connectivity index is 2.57. The summed E-state index contributed by atoms with van der Waals surface area (Å²) in [6.45, 7) is 5.10. The van der Waals surface area contributed by atoms with Crippen LogP contribution in [0.15, 0.2) is 0 Å². The van der Waals surface area contributed by atoms with E-state index in [4.69, 9.17) is 5.11 Å². The number of aliphatic carboxylic acids is 1. The van der Waals surface area contributed by atoms with Crippen LogP contribution in [0.25, 0.3) is 0 Å². The van der Waals surface area contributed by atoms with Gasteiger partial charge in [0, 0.05) is 6.54 Å². The highest BCUT2D eigenvalue weighted by molar-refractivity contribution is 5.74. The Morgan fingerprint density at radius 2 is 1.79 bits per heavy atom. The topological polar surface area (TPSA) is 49.3 Å². The third-order valence-corrected chi connectivity index (χ3v) is 3.68. The Labute approximate surface area is 85.9 Å². The standard InChI is InChI=1S/C11H21NO2/c1-10(8-12-3)4-6-11(2,7-5-10)9(13)14/h12H,4-8H2,1-3H3,(H,13,14). The zero-order chi connectivity index (χ0) is 10.8. The fourth-order valence-electron chi connectivity index (χ4n) is 2.22. The van der Waals surface area contributed by atoms with Crippen LogP contribution in [0.5, 0.6) is 0 Å². The van der Waals surface area contributed by atoms with Gasteiger partial charge in [0.2, 0.25) is 0 Å². The molecule has 1 aliphatic rings. The van der Waals surface area contributed by atoms with Gasteiger partial charge in [0.25, 0.3) is 0 Å². The number of carbonyl (C=O) groups is 1. The molecule has 1 saturated carbocycles. The van der Waals surface area contributed by atoms with Crippen molar-refractivity contribution in [1.82, 2.24) is 5.32 Å². The molecule has 82 valence electrons. The van der Waals surface area contributed by atoms with Crippen LogP contribution in [0.1, 0.15) is 39.5 Å². The number of nitrogens with one attached hydrogen (secondary N) is 1. The van der Waals surface area contributed by atoms with E-state index in [9.17, 15) is 4.79 Å². The maximum absolute atomic E-state index is 11.0. The van der Waals surface area contributed by atoms with Gasteiger partial charge in [-0.1, -0.05) is 6.92 Å². The van der Waals surface area contributed by atoms with Crippen LogP contribution >= 0.6 is 0 Å². The summed E-state index contributed by atoms with van der Waals surface area (Å²) in [6.07, 6.45) is 3.63. The molecule has 2 N–H and O–H groups in total. The lowest BCUT2D eigenvalue weighted by Crippen LogP contribution is -2.40. The lowest BCUT2D eigenvalue weighted by atomic mass is 9.65. The monoisotopic (exact) mass is 199 g/mol. The van der Waals surface area contributed by atoms with Crippen LogP contribution in [0.4, 0.5) is 0 Å². The van der Waals surface area contributed by atoms with E-state index in [1.807, 2.05) is 14.0 Å². The van der Waals surface area contributed by atoms with E-state index in [0.717, 1.165) is 32.2 Å². The van der Waals surface area contributed by atoms with Crippen LogP contribution < -0.4 is 5.32 Å². The van der Waals surface area contributed by atoms with Gasteiger partial charge in [-0.05, 0) is 45.1 Å². The smallest absolute Gasteiger partial charge is 0.309 e. The molecule has 0 spiro atoms. The van der Waals surface area contributed by atoms with E-state index in [2.05, 4.69) is 12.2 Å².